The average molecular weight is 349 g/mol. The molecule has 0 aliphatic carbocycles. The average Bonchev–Trinajstić information content (AvgIpc) is 2.53. The molecule has 0 radical (unpaired) electrons. The predicted molar refractivity (Wildman–Crippen MR) is 88.0 cm³/mol. The fraction of sp³-hybridized carbons (Fsp3) is 0.538. The van der Waals surface area contributed by atoms with Crippen molar-refractivity contribution in [1.29, 1.82) is 0 Å². The molecule has 0 spiro atoms. The van der Waals surface area contributed by atoms with Crippen LogP contribution in [0.1, 0.15) is 10.1 Å². The molecule has 0 saturated heterocycles. The number of methoxy groups -OCH3 is 2. The summed E-state index contributed by atoms with van der Waals surface area (Å²) < 4.78 is 10.0. The van der Waals surface area contributed by atoms with Crippen LogP contribution in [0.2, 0.25) is 0 Å². The largest absolute Gasteiger partial charge is 0.493 e. The molecule has 7 nitrogen and oxygen atoms in total. The van der Waals surface area contributed by atoms with Gasteiger partial charge in [0.05, 0.1) is 48.6 Å². The first kappa shape index (κ1) is 18.9. The normalized spacial score (nSPS) is 10.8. The van der Waals surface area contributed by atoms with Crippen molar-refractivity contribution >= 4 is 29.2 Å². The monoisotopic (exact) mass is 349 g/mol. The zero-order valence-corrected chi connectivity index (χ0v) is 14.0. The van der Waals surface area contributed by atoms with E-state index in [1.54, 1.807) is 6.07 Å². The number of benzene rings is 1. The Labute approximate surface area is 137 Å². The molecule has 0 fully saturated rings. The van der Waals surface area contributed by atoms with Crippen LogP contribution in [0.4, 0.5) is 5.69 Å². The molecule has 9 heteroatoms. The Bertz CT molecular complexity index is 492. The molecule has 0 atom stereocenters. The van der Waals surface area contributed by atoms with Gasteiger partial charge in [0.15, 0.2) is 11.5 Å². The summed E-state index contributed by atoms with van der Waals surface area (Å²) in [5.74, 6) is 1.57. The summed E-state index contributed by atoms with van der Waals surface area (Å²) in [5, 5.41) is 29.3. The first-order valence-corrected chi connectivity index (χ1v) is 8.54. The topological polar surface area (TPSA) is 102 Å². The number of nitro groups is 1. The lowest BCUT2D eigenvalue weighted by molar-refractivity contribution is -0.385. The molecule has 0 heterocycles. The number of nitrogens with zero attached hydrogens (tertiary/aromatic N) is 1. The standard InChI is InChI=1S/C13H19NO6S2/c1-19-11-7-9(10(14(17)18)8-12(11)20-2)13(21-5-3-15)22-6-4-16/h7-8,13,15-16H,3-6H2,1-2H3. The van der Waals surface area contributed by atoms with Gasteiger partial charge in [0, 0.05) is 11.5 Å². The van der Waals surface area contributed by atoms with E-state index in [9.17, 15) is 10.1 Å². The van der Waals surface area contributed by atoms with Crippen LogP contribution in [0.3, 0.4) is 0 Å². The molecule has 0 amide bonds. The van der Waals surface area contributed by atoms with E-state index in [2.05, 4.69) is 0 Å². The van der Waals surface area contributed by atoms with Crippen molar-refractivity contribution in [2.45, 2.75) is 4.58 Å². The Morgan fingerprint density at radius 1 is 1.14 bits per heavy atom. The third-order valence-electron chi connectivity index (χ3n) is 2.70. The molecule has 0 aliphatic heterocycles. The summed E-state index contributed by atoms with van der Waals surface area (Å²) in [4.78, 5) is 10.9. The van der Waals surface area contributed by atoms with E-state index < -0.39 is 4.92 Å². The molecule has 2 N–H and O–H groups in total. The fourth-order valence-electron chi connectivity index (χ4n) is 1.78. The summed E-state index contributed by atoms with van der Waals surface area (Å²) in [6.07, 6.45) is 0. The summed E-state index contributed by atoms with van der Waals surface area (Å²) in [6, 6.07) is 2.91. The molecular formula is C13H19NO6S2. The van der Waals surface area contributed by atoms with Crippen molar-refractivity contribution in [3.05, 3.63) is 27.8 Å². The van der Waals surface area contributed by atoms with E-state index in [1.807, 2.05) is 0 Å². The van der Waals surface area contributed by atoms with Crippen LogP contribution in [-0.4, -0.2) is 54.1 Å². The number of rotatable bonds is 10. The van der Waals surface area contributed by atoms with Crippen LogP contribution in [0.5, 0.6) is 11.5 Å². The smallest absolute Gasteiger partial charge is 0.278 e. The van der Waals surface area contributed by atoms with E-state index in [0.717, 1.165) is 0 Å². The second-order valence-electron chi connectivity index (χ2n) is 4.04. The van der Waals surface area contributed by atoms with E-state index >= 15 is 0 Å². The zero-order chi connectivity index (χ0) is 16.5. The summed E-state index contributed by atoms with van der Waals surface area (Å²) >= 11 is 2.76. The number of ether oxygens (including phenoxy) is 2. The number of thioether (sulfide) groups is 2. The lowest BCUT2D eigenvalue weighted by atomic mass is 10.1. The third-order valence-corrected chi connectivity index (χ3v) is 5.47. The fourth-order valence-corrected chi connectivity index (χ4v) is 4.12. The first-order valence-electron chi connectivity index (χ1n) is 6.44. The minimum absolute atomic E-state index is 0.0259. The lowest BCUT2D eigenvalue weighted by Crippen LogP contribution is -2.03. The van der Waals surface area contributed by atoms with Gasteiger partial charge in [-0.2, -0.15) is 0 Å². The second-order valence-corrected chi connectivity index (χ2v) is 6.77. The Hall–Kier alpha value is -1.16. The van der Waals surface area contributed by atoms with Gasteiger partial charge in [0.1, 0.15) is 0 Å². The third kappa shape index (κ3) is 4.94. The quantitative estimate of drug-likeness (QED) is 0.376. The summed E-state index contributed by atoms with van der Waals surface area (Å²) in [7, 11) is 2.88. The second kappa shape index (κ2) is 9.78. The number of hydrogen-bond acceptors (Lipinski definition) is 8. The van der Waals surface area contributed by atoms with Crippen LogP contribution < -0.4 is 9.47 Å². The Morgan fingerprint density at radius 2 is 1.64 bits per heavy atom. The van der Waals surface area contributed by atoms with E-state index in [4.69, 9.17) is 19.7 Å². The van der Waals surface area contributed by atoms with Crippen LogP contribution in [0, 0.1) is 10.1 Å². The van der Waals surface area contributed by atoms with Gasteiger partial charge >= 0.3 is 0 Å². The minimum Gasteiger partial charge on any atom is -0.493 e. The maximum Gasteiger partial charge on any atom is 0.278 e. The van der Waals surface area contributed by atoms with Gasteiger partial charge in [-0.15, -0.1) is 23.5 Å². The number of aliphatic hydroxyl groups is 2. The minimum atomic E-state index is -0.469. The van der Waals surface area contributed by atoms with Crippen molar-refractivity contribution in [2.75, 3.05) is 38.9 Å². The van der Waals surface area contributed by atoms with Gasteiger partial charge in [0.2, 0.25) is 0 Å². The molecule has 0 aliphatic rings. The van der Waals surface area contributed by atoms with E-state index in [1.165, 1.54) is 43.8 Å². The molecular weight excluding hydrogens is 330 g/mol. The molecule has 0 bridgehead atoms. The molecule has 124 valence electrons. The molecule has 0 aromatic heterocycles. The van der Waals surface area contributed by atoms with Crippen LogP contribution >= 0.6 is 23.5 Å². The van der Waals surface area contributed by atoms with Crippen molar-refractivity contribution in [1.82, 2.24) is 0 Å². The highest BCUT2D eigenvalue weighted by Crippen LogP contribution is 2.46. The Morgan fingerprint density at radius 3 is 2.05 bits per heavy atom. The van der Waals surface area contributed by atoms with Gasteiger partial charge in [-0.3, -0.25) is 10.1 Å². The molecule has 0 unspecified atom stereocenters. The van der Waals surface area contributed by atoms with Crippen LogP contribution in [0.15, 0.2) is 12.1 Å². The highest BCUT2D eigenvalue weighted by Gasteiger charge is 2.26. The van der Waals surface area contributed by atoms with Gasteiger partial charge in [-0.25, -0.2) is 0 Å². The highest BCUT2D eigenvalue weighted by molar-refractivity contribution is 8.16. The number of nitro benzene ring substituents is 1. The maximum absolute atomic E-state index is 11.3. The van der Waals surface area contributed by atoms with Crippen molar-refractivity contribution in [3.8, 4) is 11.5 Å². The summed E-state index contributed by atoms with van der Waals surface area (Å²) in [6.45, 7) is -0.0517. The highest BCUT2D eigenvalue weighted by atomic mass is 32.2. The van der Waals surface area contributed by atoms with Crippen molar-refractivity contribution < 1.29 is 24.6 Å². The first-order chi connectivity index (χ1) is 10.6. The van der Waals surface area contributed by atoms with Crippen molar-refractivity contribution in [2.24, 2.45) is 0 Å². The molecule has 0 saturated carbocycles. The van der Waals surface area contributed by atoms with Gasteiger partial charge in [-0.1, -0.05) is 0 Å². The van der Waals surface area contributed by atoms with Gasteiger partial charge in [-0.05, 0) is 6.07 Å². The Balaban J connectivity index is 3.27. The van der Waals surface area contributed by atoms with Crippen LogP contribution in [0.25, 0.3) is 0 Å². The van der Waals surface area contributed by atoms with Gasteiger partial charge in [0.25, 0.3) is 5.69 Å². The number of hydrogen-bond donors (Lipinski definition) is 2. The molecule has 1 rings (SSSR count). The predicted octanol–water partition coefficient (Wildman–Crippen LogP) is 2.06. The van der Waals surface area contributed by atoms with Crippen LogP contribution in [-0.2, 0) is 0 Å². The lowest BCUT2D eigenvalue weighted by Gasteiger charge is -2.18. The van der Waals surface area contributed by atoms with E-state index in [0.29, 0.717) is 22.8 Å². The summed E-state index contributed by atoms with van der Waals surface area (Å²) in [5.41, 5.74) is 0.401. The number of aliphatic hydroxyl groups excluding tert-OH is 2. The van der Waals surface area contributed by atoms with E-state index in [-0.39, 0.29) is 29.2 Å². The Kier molecular flexibility index (Phi) is 8.39. The van der Waals surface area contributed by atoms with Crippen molar-refractivity contribution in [3.63, 3.8) is 0 Å². The molecule has 22 heavy (non-hydrogen) atoms. The molecule has 1 aromatic carbocycles. The SMILES string of the molecule is COc1cc(C(SCCO)SCCO)c([N+](=O)[O-])cc1OC. The zero-order valence-electron chi connectivity index (χ0n) is 12.4. The van der Waals surface area contributed by atoms with Gasteiger partial charge < -0.3 is 19.7 Å². The molecule has 1 aromatic rings. The maximum atomic E-state index is 11.3.